The summed E-state index contributed by atoms with van der Waals surface area (Å²) in [6, 6.07) is 11.1. The van der Waals surface area contributed by atoms with Crippen LogP contribution < -0.4 is 14.9 Å². The number of ether oxygens (including phenoxy) is 2. The highest BCUT2D eigenvalue weighted by atomic mass is 79.9. The van der Waals surface area contributed by atoms with Crippen LogP contribution in [0.2, 0.25) is 0 Å². The lowest BCUT2D eigenvalue weighted by Gasteiger charge is -2.10. The molecule has 0 spiro atoms. The van der Waals surface area contributed by atoms with Gasteiger partial charge in [-0.05, 0) is 70.4 Å². The quantitative estimate of drug-likeness (QED) is 0.527. The Kier molecular flexibility index (Phi) is 6.81. The van der Waals surface area contributed by atoms with E-state index in [4.69, 9.17) is 9.47 Å². The van der Waals surface area contributed by atoms with Crippen molar-refractivity contribution in [1.82, 2.24) is 5.43 Å². The number of aryl methyl sites for hydroxylation is 1. The first-order valence-corrected chi connectivity index (χ1v) is 8.62. The number of carbonyl (C=O) groups is 1. The molecular weight excluding hydrogens is 440 g/mol. The normalized spacial score (nSPS) is 10.7. The molecule has 0 aliphatic rings. The second kappa shape index (κ2) is 8.84. The molecule has 0 heterocycles. The van der Waals surface area contributed by atoms with Gasteiger partial charge in [-0.15, -0.1) is 0 Å². The van der Waals surface area contributed by atoms with Gasteiger partial charge in [-0.2, -0.15) is 5.10 Å². The van der Waals surface area contributed by atoms with Gasteiger partial charge in [-0.3, -0.25) is 4.79 Å². The van der Waals surface area contributed by atoms with Crippen LogP contribution in [0.15, 0.2) is 50.4 Å². The molecule has 1 amide bonds. The van der Waals surface area contributed by atoms with E-state index >= 15 is 0 Å². The predicted molar refractivity (Wildman–Crippen MR) is 101 cm³/mol. The fourth-order valence-electron chi connectivity index (χ4n) is 1.91. The smallest absolute Gasteiger partial charge is 0.277 e. The number of hydrogen-bond acceptors (Lipinski definition) is 4. The SMILES string of the molecule is COc1ccc(C=NNC(=O)COc2c(C)cc(Br)cc2Br)cc1. The number of hydrogen-bond donors (Lipinski definition) is 1. The summed E-state index contributed by atoms with van der Waals surface area (Å²) in [6.45, 7) is 1.78. The molecule has 0 aliphatic carbocycles. The van der Waals surface area contributed by atoms with Gasteiger partial charge >= 0.3 is 0 Å². The third kappa shape index (κ3) is 5.35. The molecule has 0 unspecified atom stereocenters. The van der Waals surface area contributed by atoms with Crippen LogP contribution in [-0.4, -0.2) is 25.8 Å². The average Bonchev–Trinajstić information content (AvgIpc) is 2.54. The molecule has 7 heteroatoms. The van der Waals surface area contributed by atoms with Crippen molar-refractivity contribution in [2.75, 3.05) is 13.7 Å². The lowest BCUT2D eigenvalue weighted by molar-refractivity contribution is -0.123. The summed E-state index contributed by atoms with van der Waals surface area (Å²) in [5.74, 6) is 1.06. The zero-order valence-corrected chi connectivity index (χ0v) is 16.3. The molecule has 1 N–H and O–H groups in total. The van der Waals surface area contributed by atoms with Crippen molar-refractivity contribution in [3.8, 4) is 11.5 Å². The minimum absolute atomic E-state index is 0.124. The molecule has 0 bridgehead atoms. The Morgan fingerprint density at radius 2 is 1.96 bits per heavy atom. The van der Waals surface area contributed by atoms with E-state index in [1.807, 2.05) is 43.3 Å². The number of hydrazone groups is 1. The fraction of sp³-hybridized carbons (Fsp3) is 0.176. The van der Waals surface area contributed by atoms with Gasteiger partial charge in [0.2, 0.25) is 0 Å². The summed E-state index contributed by atoms with van der Waals surface area (Å²) in [4.78, 5) is 11.8. The van der Waals surface area contributed by atoms with E-state index in [2.05, 4.69) is 42.4 Å². The van der Waals surface area contributed by atoms with Gasteiger partial charge in [-0.1, -0.05) is 15.9 Å². The van der Waals surface area contributed by atoms with Crippen molar-refractivity contribution in [2.24, 2.45) is 5.10 Å². The Balaban J connectivity index is 1.86. The van der Waals surface area contributed by atoms with Crippen LogP contribution in [-0.2, 0) is 4.79 Å². The van der Waals surface area contributed by atoms with Crippen LogP contribution in [0.3, 0.4) is 0 Å². The van der Waals surface area contributed by atoms with Gasteiger partial charge < -0.3 is 9.47 Å². The van der Waals surface area contributed by atoms with Gasteiger partial charge in [-0.25, -0.2) is 5.43 Å². The molecule has 2 aromatic carbocycles. The summed E-state index contributed by atoms with van der Waals surface area (Å²) in [5.41, 5.74) is 4.20. The van der Waals surface area contributed by atoms with Gasteiger partial charge in [0, 0.05) is 4.47 Å². The summed E-state index contributed by atoms with van der Waals surface area (Å²) in [5, 5.41) is 3.90. The van der Waals surface area contributed by atoms with Crippen LogP contribution >= 0.6 is 31.9 Å². The van der Waals surface area contributed by atoms with Crippen LogP contribution in [0.1, 0.15) is 11.1 Å². The molecule has 0 aromatic heterocycles. The molecule has 0 saturated carbocycles. The highest BCUT2D eigenvalue weighted by Gasteiger charge is 2.09. The number of carbonyl (C=O) groups excluding carboxylic acids is 1. The van der Waals surface area contributed by atoms with E-state index in [1.54, 1.807) is 13.3 Å². The maximum absolute atomic E-state index is 11.8. The third-order valence-electron chi connectivity index (χ3n) is 3.06. The lowest BCUT2D eigenvalue weighted by Crippen LogP contribution is -2.24. The Morgan fingerprint density at radius 1 is 1.25 bits per heavy atom. The molecular formula is C17H16Br2N2O3. The van der Waals surface area contributed by atoms with E-state index in [9.17, 15) is 4.79 Å². The number of benzene rings is 2. The lowest BCUT2D eigenvalue weighted by atomic mass is 10.2. The largest absolute Gasteiger partial charge is 0.497 e. The number of rotatable bonds is 6. The van der Waals surface area contributed by atoms with Crippen LogP contribution in [0.25, 0.3) is 0 Å². The highest BCUT2D eigenvalue weighted by Crippen LogP contribution is 2.32. The Morgan fingerprint density at radius 3 is 2.58 bits per heavy atom. The van der Waals surface area contributed by atoms with Gasteiger partial charge in [0.15, 0.2) is 6.61 Å². The number of nitrogens with zero attached hydrogens (tertiary/aromatic N) is 1. The highest BCUT2D eigenvalue weighted by molar-refractivity contribution is 9.11. The molecule has 0 saturated heterocycles. The third-order valence-corrected chi connectivity index (χ3v) is 4.11. The molecule has 126 valence electrons. The standard InChI is InChI=1S/C17H16Br2N2O3/c1-11-7-13(18)8-15(19)17(11)24-10-16(22)21-20-9-12-3-5-14(23-2)6-4-12/h3-9H,10H2,1-2H3,(H,21,22). The Bertz CT molecular complexity index is 723. The fourth-order valence-corrected chi connectivity index (χ4v) is 3.46. The molecule has 0 aliphatic heterocycles. The average molecular weight is 456 g/mol. The first-order valence-electron chi connectivity index (χ1n) is 7.04. The number of nitrogens with one attached hydrogen (secondary N) is 1. The van der Waals surface area contributed by atoms with Crippen LogP contribution in [0.4, 0.5) is 0 Å². The Hall–Kier alpha value is -1.86. The molecule has 2 rings (SSSR count). The molecule has 0 fully saturated rings. The summed E-state index contributed by atoms with van der Waals surface area (Å²) in [7, 11) is 1.61. The maximum atomic E-state index is 11.8. The van der Waals surface area contributed by atoms with E-state index in [-0.39, 0.29) is 12.5 Å². The second-order valence-electron chi connectivity index (χ2n) is 4.89. The van der Waals surface area contributed by atoms with Crippen molar-refractivity contribution in [1.29, 1.82) is 0 Å². The van der Waals surface area contributed by atoms with E-state index in [0.717, 1.165) is 25.8 Å². The van der Waals surface area contributed by atoms with Crippen molar-refractivity contribution in [3.63, 3.8) is 0 Å². The number of halogens is 2. The van der Waals surface area contributed by atoms with Crippen LogP contribution in [0, 0.1) is 6.92 Å². The maximum Gasteiger partial charge on any atom is 0.277 e. The van der Waals surface area contributed by atoms with E-state index < -0.39 is 0 Å². The zero-order chi connectivity index (χ0) is 17.5. The summed E-state index contributed by atoms with van der Waals surface area (Å²) < 4.78 is 12.3. The number of amides is 1. The van der Waals surface area contributed by atoms with Crippen molar-refractivity contribution in [2.45, 2.75) is 6.92 Å². The monoisotopic (exact) mass is 454 g/mol. The molecule has 0 atom stereocenters. The molecule has 24 heavy (non-hydrogen) atoms. The minimum atomic E-state index is -0.339. The van der Waals surface area contributed by atoms with Crippen molar-refractivity contribution >= 4 is 44.0 Å². The molecule has 0 radical (unpaired) electrons. The molecule has 5 nitrogen and oxygen atoms in total. The second-order valence-corrected chi connectivity index (χ2v) is 6.66. The predicted octanol–water partition coefficient (Wildman–Crippen LogP) is 4.06. The van der Waals surface area contributed by atoms with Gasteiger partial charge in [0.05, 0.1) is 17.8 Å². The first kappa shape index (κ1) is 18.5. The van der Waals surface area contributed by atoms with Gasteiger partial charge in [0.25, 0.3) is 5.91 Å². The van der Waals surface area contributed by atoms with E-state index in [1.165, 1.54) is 0 Å². The van der Waals surface area contributed by atoms with E-state index in [0.29, 0.717) is 5.75 Å². The summed E-state index contributed by atoms with van der Waals surface area (Å²) in [6.07, 6.45) is 1.55. The minimum Gasteiger partial charge on any atom is -0.497 e. The molecule has 2 aromatic rings. The topological polar surface area (TPSA) is 59.9 Å². The summed E-state index contributed by atoms with van der Waals surface area (Å²) >= 11 is 6.82. The first-order chi connectivity index (χ1) is 11.5. The van der Waals surface area contributed by atoms with Crippen LogP contribution in [0.5, 0.6) is 11.5 Å². The van der Waals surface area contributed by atoms with Crippen molar-refractivity contribution in [3.05, 3.63) is 56.5 Å². The number of methoxy groups -OCH3 is 1. The zero-order valence-electron chi connectivity index (χ0n) is 13.2. The van der Waals surface area contributed by atoms with Crippen molar-refractivity contribution < 1.29 is 14.3 Å². The van der Waals surface area contributed by atoms with Gasteiger partial charge in [0.1, 0.15) is 11.5 Å². The Labute approximate surface area is 157 Å².